The number of hydrogen-bond donors (Lipinski definition) is 0. The summed E-state index contributed by atoms with van der Waals surface area (Å²) in [5.41, 5.74) is 13.5. The van der Waals surface area contributed by atoms with Gasteiger partial charge in [0.1, 0.15) is 0 Å². The monoisotopic (exact) mass is 772 g/mol. The molecule has 0 aromatic heterocycles. The van der Waals surface area contributed by atoms with Crippen molar-refractivity contribution in [3.63, 3.8) is 0 Å². The summed E-state index contributed by atoms with van der Waals surface area (Å²) in [5, 5.41) is 0. The van der Waals surface area contributed by atoms with Crippen LogP contribution in [-0.2, 0) is 43.1 Å². The molecule has 6 rings (SSSR count). The molecule has 0 radical (unpaired) electrons. The predicted octanol–water partition coefficient (Wildman–Crippen LogP) is 5.20. The van der Waals surface area contributed by atoms with Gasteiger partial charge in [0.2, 0.25) is 0 Å². The summed E-state index contributed by atoms with van der Waals surface area (Å²) in [6.45, 7) is 19.9. The maximum Gasteiger partial charge on any atom is 4.00 e. The zero-order valence-corrected chi connectivity index (χ0v) is 31.4. The van der Waals surface area contributed by atoms with E-state index in [2.05, 4.69) is 140 Å². The largest absolute Gasteiger partial charge is 4.00 e. The molecule has 0 fully saturated rings. The second-order valence-corrected chi connectivity index (χ2v) is 12.4. The van der Waals surface area contributed by atoms with Gasteiger partial charge >= 0.3 is 25.8 Å². The van der Waals surface area contributed by atoms with Crippen LogP contribution < -0.4 is 24.8 Å². The van der Waals surface area contributed by atoms with Gasteiger partial charge in [0.15, 0.2) is 0 Å². The van der Waals surface area contributed by atoms with Gasteiger partial charge < -0.3 is 24.8 Å². The van der Waals surface area contributed by atoms with Crippen molar-refractivity contribution in [3.8, 4) is 33.4 Å². The van der Waals surface area contributed by atoms with Gasteiger partial charge in [0, 0.05) is 0 Å². The van der Waals surface area contributed by atoms with Crippen LogP contribution in [0, 0.1) is 6.07 Å². The summed E-state index contributed by atoms with van der Waals surface area (Å²) >= 11 is 0. The molecule has 3 heteroatoms. The van der Waals surface area contributed by atoms with Crippen molar-refractivity contribution in [2.45, 2.75) is 58.8 Å². The van der Waals surface area contributed by atoms with E-state index >= 15 is 0 Å². The number of halogens is 2. The van der Waals surface area contributed by atoms with Gasteiger partial charge in [0.25, 0.3) is 0 Å². The van der Waals surface area contributed by atoms with Crippen LogP contribution in [0.15, 0.2) is 122 Å². The second-order valence-electron chi connectivity index (χ2n) is 12.4. The molecule has 0 saturated heterocycles. The van der Waals surface area contributed by atoms with Crippen LogP contribution in [0.3, 0.4) is 0 Å². The zero-order valence-electron chi connectivity index (χ0n) is 26.3. The minimum atomic E-state index is 0. The SMILES string of the molecule is C=C.CC(C)(C)c1cc2c([c-]c1-c1ccccc1)Cc1cc(-c3ccccc3)c(C(C)(C)C)cc1-2.[Cl-].[Cl-].[Hf+4].c1cc[cH-]c1. The second kappa shape index (κ2) is 16.5. The third-order valence-corrected chi connectivity index (χ3v) is 7.38. The Morgan fingerprint density at radius 3 is 1.56 bits per heavy atom. The van der Waals surface area contributed by atoms with Gasteiger partial charge in [-0.15, -0.1) is 42.0 Å². The maximum atomic E-state index is 3.88. The molecule has 1 aliphatic carbocycles. The Kier molecular flexibility index (Phi) is 14.7. The molecule has 0 amide bonds. The summed E-state index contributed by atoms with van der Waals surface area (Å²) < 4.78 is 0. The van der Waals surface area contributed by atoms with E-state index in [1.165, 1.54) is 55.6 Å². The first-order valence-electron chi connectivity index (χ1n) is 14.2. The van der Waals surface area contributed by atoms with Gasteiger partial charge in [0.05, 0.1) is 0 Å². The summed E-state index contributed by atoms with van der Waals surface area (Å²) in [6, 6.07) is 42.8. The molecular weight excluding hydrogens is 730 g/mol. The molecule has 5 aromatic rings. The first-order valence-corrected chi connectivity index (χ1v) is 14.2. The summed E-state index contributed by atoms with van der Waals surface area (Å²) in [4.78, 5) is 0. The fourth-order valence-corrected chi connectivity index (χ4v) is 5.42. The quantitative estimate of drug-likeness (QED) is 0.129. The minimum Gasteiger partial charge on any atom is -1.00 e. The molecule has 0 saturated carbocycles. The summed E-state index contributed by atoms with van der Waals surface area (Å²) in [6.07, 6.45) is 0.944. The van der Waals surface area contributed by atoms with Crippen LogP contribution >= 0.6 is 0 Å². The van der Waals surface area contributed by atoms with E-state index in [0.29, 0.717) is 0 Å². The normalized spacial score (nSPS) is 11.0. The van der Waals surface area contributed by atoms with Gasteiger partial charge in [-0.25, -0.2) is 12.1 Å². The van der Waals surface area contributed by atoms with Crippen LogP contribution in [0.4, 0.5) is 0 Å². The number of hydrogen-bond acceptors (Lipinski definition) is 0. The molecule has 220 valence electrons. The van der Waals surface area contributed by atoms with Crippen molar-refractivity contribution in [3.05, 3.63) is 151 Å². The van der Waals surface area contributed by atoms with E-state index in [0.717, 1.165) is 6.42 Å². The molecule has 0 unspecified atom stereocenters. The number of fused-ring (bicyclic) bond motifs is 3. The van der Waals surface area contributed by atoms with E-state index in [9.17, 15) is 0 Å². The molecule has 0 bridgehead atoms. The Labute approximate surface area is 291 Å². The van der Waals surface area contributed by atoms with Crippen molar-refractivity contribution in [1.82, 2.24) is 0 Å². The van der Waals surface area contributed by atoms with Crippen molar-refractivity contribution >= 4 is 0 Å². The van der Waals surface area contributed by atoms with Crippen LogP contribution in [-0.4, -0.2) is 0 Å². The standard InChI is InChI=1S/C33H33.C5H5.C2H4.2ClH.Hf/c1-32(2,3)30-20-26-24(18-28(30)22-13-9-7-10-14-22)17-25-19-29(23-15-11-8-12-16-23)31(21-27(25)26)33(4,5)6;1-2-4-5-3-1;1-2;;;/h7-16,18,20-21H,17H2,1-6H3;1-5H;1-2H2;2*1H;/q2*-1;;;;+4/p-2. The Balaban J connectivity index is 0.000000829. The molecule has 0 N–H and O–H groups in total. The molecule has 1 aliphatic rings. The zero-order chi connectivity index (χ0) is 28.9. The number of benzene rings is 4. The minimum absolute atomic E-state index is 0. The van der Waals surface area contributed by atoms with Crippen LogP contribution in [0.2, 0.25) is 0 Å². The van der Waals surface area contributed by atoms with Gasteiger partial charge in [-0.2, -0.15) is 18.2 Å². The average Bonchev–Trinajstić information content (AvgIpc) is 3.64. The van der Waals surface area contributed by atoms with Crippen molar-refractivity contribution < 1.29 is 50.7 Å². The predicted molar refractivity (Wildman–Crippen MR) is 175 cm³/mol. The van der Waals surface area contributed by atoms with Crippen LogP contribution in [0.1, 0.15) is 63.8 Å². The smallest absolute Gasteiger partial charge is 1.00 e. The fourth-order valence-electron chi connectivity index (χ4n) is 5.42. The Hall–Kier alpha value is -2.58. The van der Waals surface area contributed by atoms with E-state index in [4.69, 9.17) is 0 Å². The Morgan fingerprint density at radius 2 is 1.09 bits per heavy atom. The molecule has 0 spiro atoms. The summed E-state index contributed by atoms with van der Waals surface area (Å²) in [7, 11) is 0. The molecule has 0 aliphatic heterocycles. The number of rotatable bonds is 2. The van der Waals surface area contributed by atoms with Crippen LogP contribution in [0.5, 0.6) is 0 Å². The molecule has 0 nitrogen and oxygen atoms in total. The van der Waals surface area contributed by atoms with E-state index in [1.54, 1.807) is 0 Å². The third-order valence-electron chi connectivity index (χ3n) is 7.38. The van der Waals surface area contributed by atoms with Gasteiger partial charge in [-0.1, -0.05) is 131 Å². The Bertz CT molecular complexity index is 1420. The van der Waals surface area contributed by atoms with E-state index in [1.807, 2.05) is 30.3 Å². The first kappa shape index (κ1) is 38.4. The third kappa shape index (κ3) is 8.98. The average molecular weight is 772 g/mol. The molecule has 0 atom stereocenters. The van der Waals surface area contributed by atoms with Crippen molar-refractivity contribution in [2.24, 2.45) is 0 Å². The van der Waals surface area contributed by atoms with Gasteiger partial charge in [-0.3, -0.25) is 0 Å². The topological polar surface area (TPSA) is 0 Å². The Morgan fingerprint density at radius 1 is 0.605 bits per heavy atom. The van der Waals surface area contributed by atoms with E-state index < -0.39 is 0 Å². The van der Waals surface area contributed by atoms with Gasteiger partial charge in [-0.05, 0) is 39.5 Å². The first-order chi connectivity index (χ1) is 19.1. The molecule has 5 aromatic carbocycles. The van der Waals surface area contributed by atoms with Crippen molar-refractivity contribution in [2.75, 3.05) is 0 Å². The molecular formula is C40H42Cl2Hf. The molecule has 0 heterocycles. The van der Waals surface area contributed by atoms with Crippen LogP contribution in [0.25, 0.3) is 33.4 Å². The van der Waals surface area contributed by atoms with E-state index in [-0.39, 0.29) is 61.5 Å². The summed E-state index contributed by atoms with van der Waals surface area (Å²) in [5.74, 6) is 0. The fraction of sp³-hybridized carbons (Fsp3) is 0.225. The maximum absolute atomic E-state index is 3.88. The molecule has 43 heavy (non-hydrogen) atoms. The van der Waals surface area contributed by atoms with Crippen molar-refractivity contribution in [1.29, 1.82) is 0 Å².